The molecular formula is C24H37Cl2N7O2. The molecule has 9 nitrogen and oxygen atoms in total. The van der Waals surface area contributed by atoms with E-state index in [0.29, 0.717) is 24.9 Å². The zero-order valence-electron chi connectivity index (χ0n) is 20.6. The topological polar surface area (TPSA) is 101 Å². The normalized spacial score (nSPS) is 17.7. The molecule has 1 saturated heterocycles. The second kappa shape index (κ2) is 13.8. The number of ether oxygens (including phenoxy) is 1. The largest absolute Gasteiger partial charge is 0.385 e. The molecule has 0 saturated carbocycles. The van der Waals surface area contributed by atoms with Gasteiger partial charge in [-0.3, -0.25) is 9.89 Å². The van der Waals surface area contributed by atoms with E-state index in [1.807, 2.05) is 29.2 Å². The molecule has 1 fully saturated rings. The molecule has 2 atom stereocenters. The molecule has 2 aromatic heterocycles. The van der Waals surface area contributed by atoms with Crippen LogP contribution in [0.4, 0.5) is 0 Å². The van der Waals surface area contributed by atoms with E-state index in [-0.39, 0.29) is 42.7 Å². The standard InChI is InChI=1S/C24H35N7O2.2ClH/c1-17(2)15-31(19-12-18(13-25-14-19)22-26-16-27-29-22)24(32)23-28-20-8-4-5-9-21(20)30(23)10-6-7-11-33-3;;/h4-5,8-9,16-19,25H,6-7,10-15H2,1-3H3,(H,26,27,29);2*1H/t18-,19+;;/m1../s1. The number of fused-ring (bicyclic) bond motifs is 1. The predicted molar refractivity (Wildman–Crippen MR) is 142 cm³/mol. The van der Waals surface area contributed by atoms with Crippen molar-refractivity contribution in [2.24, 2.45) is 5.92 Å². The minimum atomic E-state index is -0.00309. The summed E-state index contributed by atoms with van der Waals surface area (Å²) in [6.07, 6.45) is 4.26. The van der Waals surface area contributed by atoms with Crippen molar-refractivity contribution in [1.82, 2.24) is 34.9 Å². The SMILES string of the molecule is COCCCCn1c(C(=O)N(CC(C)C)[C@@H]2CNC[C@H](c3ncn[nH]3)C2)nc2ccccc21.Cl.Cl. The Bertz CT molecular complexity index is 1040. The molecule has 2 N–H and O–H groups in total. The number of carbonyl (C=O) groups excluding carboxylic acids is 1. The van der Waals surface area contributed by atoms with Crippen molar-refractivity contribution in [2.45, 2.75) is 51.6 Å². The Morgan fingerprint density at radius 3 is 2.74 bits per heavy atom. The van der Waals surface area contributed by atoms with E-state index in [4.69, 9.17) is 9.72 Å². The number of carbonyl (C=O) groups is 1. The number of aryl methyl sites for hydroxylation is 1. The van der Waals surface area contributed by atoms with E-state index in [1.165, 1.54) is 0 Å². The summed E-state index contributed by atoms with van der Waals surface area (Å²) in [5.74, 6) is 1.93. The van der Waals surface area contributed by atoms with Gasteiger partial charge in [-0.1, -0.05) is 26.0 Å². The third-order valence-corrected chi connectivity index (χ3v) is 6.24. The molecule has 3 heterocycles. The lowest BCUT2D eigenvalue weighted by atomic mass is 9.93. The zero-order chi connectivity index (χ0) is 23.2. The molecule has 0 unspecified atom stereocenters. The Balaban J connectivity index is 0.00000216. The van der Waals surface area contributed by atoms with E-state index < -0.39 is 0 Å². The summed E-state index contributed by atoms with van der Waals surface area (Å²) in [4.78, 5) is 25.2. The first-order valence-electron chi connectivity index (χ1n) is 11.9. The highest BCUT2D eigenvalue weighted by atomic mass is 35.5. The molecule has 0 bridgehead atoms. The van der Waals surface area contributed by atoms with E-state index >= 15 is 0 Å². The average Bonchev–Trinajstić information content (AvgIpc) is 3.48. The summed E-state index contributed by atoms with van der Waals surface area (Å²) in [6, 6.07) is 8.06. The van der Waals surface area contributed by atoms with Gasteiger partial charge in [0, 0.05) is 51.9 Å². The maximum absolute atomic E-state index is 14.0. The highest BCUT2D eigenvalue weighted by molar-refractivity contribution is 5.95. The Kier molecular flexibility index (Phi) is 11.4. The number of H-pyrrole nitrogens is 1. The average molecular weight is 527 g/mol. The van der Waals surface area contributed by atoms with Crippen LogP contribution in [-0.4, -0.2) is 74.9 Å². The van der Waals surface area contributed by atoms with Crippen LogP contribution in [0.2, 0.25) is 0 Å². The summed E-state index contributed by atoms with van der Waals surface area (Å²) < 4.78 is 7.30. The molecule has 0 aliphatic carbocycles. The van der Waals surface area contributed by atoms with Gasteiger partial charge in [0.1, 0.15) is 12.2 Å². The molecule has 4 rings (SSSR count). The van der Waals surface area contributed by atoms with Crippen LogP contribution in [0.3, 0.4) is 0 Å². The van der Waals surface area contributed by atoms with Crippen molar-refractivity contribution in [3.05, 3.63) is 42.2 Å². The van der Waals surface area contributed by atoms with Crippen LogP contribution < -0.4 is 5.32 Å². The first-order valence-corrected chi connectivity index (χ1v) is 11.9. The Labute approximate surface area is 219 Å². The van der Waals surface area contributed by atoms with Crippen LogP contribution in [0.1, 0.15) is 55.5 Å². The fourth-order valence-corrected chi connectivity index (χ4v) is 4.68. The first kappa shape index (κ1) is 29.0. The van der Waals surface area contributed by atoms with Gasteiger partial charge >= 0.3 is 0 Å². The third kappa shape index (κ3) is 6.94. The van der Waals surface area contributed by atoms with E-state index in [9.17, 15) is 4.79 Å². The van der Waals surface area contributed by atoms with Crippen molar-refractivity contribution in [2.75, 3.05) is 33.4 Å². The van der Waals surface area contributed by atoms with Crippen LogP contribution >= 0.6 is 24.8 Å². The fourth-order valence-electron chi connectivity index (χ4n) is 4.68. The number of hydrogen-bond donors (Lipinski definition) is 2. The smallest absolute Gasteiger partial charge is 0.290 e. The molecule has 11 heteroatoms. The molecule has 1 amide bonds. The number of methoxy groups -OCH3 is 1. The van der Waals surface area contributed by atoms with Crippen molar-refractivity contribution < 1.29 is 9.53 Å². The number of unbranched alkanes of at least 4 members (excludes halogenated alkanes) is 1. The first-order chi connectivity index (χ1) is 16.1. The molecule has 1 aliphatic heterocycles. The lowest BCUT2D eigenvalue weighted by Gasteiger charge is -2.38. The second-order valence-corrected chi connectivity index (χ2v) is 9.24. The van der Waals surface area contributed by atoms with E-state index in [0.717, 1.165) is 55.8 Å². The number of piperidine rings is 1. The molecule has 1 aromatic carbocycles. The summed E-state index contributed by atoms with van der Waals surface area (Å²) in [5.41, 5.74) is 1.86. The summed E-state index contributed by atoms with van der Waals surface area (Å²) in [5, 5.41) is 10.5. The van der Waals surface area contributed by atoms with Crippen LogP contribution in [0.15, 0.2) is 30.6 Å². The number of para-hydroxylation sites is 2. The van der Waals surface area contributed by atoms with Crippen molar-refractivity contribution in [3.8, 4) is 0 Å². The third-order valence-electron chi connectivity index (χ3n) is 6.24. The van der Waals surface area contributed by atoms with Crippen molar-refractivity contribution >= 4 is 41.8 Å². The Hall–Kier alpha value is -2.20. The number of rotatable bonds is 10. The number of nitrogens with one attached hydrogen (secondary N) is 2. The molecule has 35 heavy (non-hydrogen) atoms. The minimum Gasteiger partial charge on any atom is -0.385 e. The lowest BCUT2D eigenvalue weighted by Crippen LogP contribution is -2.52. The van der Waals surface area contributed by atoms with E-state index in [2.05, 4.69) is 38.9 Å². The number of benzene rings is 1. The van der Waals surface area contributed by atoms with Gasteiger partial charge in [0.25, 0.3) is 5.91 Å². The van der Waals surface area contributed by atoms with Gasteiger partial charge in [-0.2, -0.15) is 5.10 Å². The fraction of sp³-hybridized carbons (Fsp3) is 0.583. The summed E-state index contributed by atoms with van der Waals surface area (Å²) in [7, 11) is 1.72. The Morgan fingerprint density at radius 1 is 1.23 bits per heavy atom. The Morgan fingerprint density at radius 2 is 2.03 bits per heavy atom. The highest BCUT2D eigenvalue weighted by Gasteiger charge is 2.34. The van der Waals surface area contributed by atoms with Gasteiger partial charge in [-0.15, -0.1) is 24.8 Å². The molecule has 0 radical (unpaired) electrons. The van der Waals surface area contributed by atoms with Crippen LogP contribution in [0.5, 0.6) is 0 Å². The minimum absolute atomic E-state index is 0. The number of halogens is 2. The van der Waals surface area contributed by atoms with E-state index in [1.54, 1.807) is 13.4 Å². The summed E-state index contributed by atoms with van der Waals surface area (Å²) in [6.45, 7) is 8.03. The molecular weight excluding hydrogens is 489 g/mol. The monoisotopic (exact) mass is 525 g/mol. The quantitative estimate of drug-likeness (QED) is 0.391. The zero-order valence-corrected chi connectivity index (χ0v) is 22.3. The van der Waals surface area contributed by atoms with Gasteiger partial charge in [0.05, 0.1) is 11.0 Å². The molecule has 0 spiro atoms. The number of aromatic amines is 1. The molecule has 3 aromatic rings. The maximum Gasteiger partial charge on any atom is 0.290 e. The second-order valence-electron chi connectivity index (χ2n) is 9.24. The van der Waals surface area contributed by atoms with Gasteiger partial charge in [-0.05, 0) is 37.3 Å². The number of hydrogen-bond acceptors (Lipinski definition) is 6. The predicted octanol–water partition coefficient (Wildman–Crippen LogP) is 3.67. The van der Waals surface area contributed by atoms with Gasteiger partial charge in [-0.25, -0.2) is 9.97 Å². The number of imidazole rings is 1. The molecule has 1 aliphatic rings. The van der Waals surface area contributed by atoms with Gasteiger partial charge in [0.15, 0.2) is 5.82 Å². The van der Waals surface area contributed by atoms with Gasteiger partial charge < -0.3 is 19.5 Å². The van der Waals surface area contributed by atoms with Gasteiger partial charge in [0.2, 0.25) is 0 Å². The maximum atomic E-state index is 14.0. The number of amides is 1. The molecule has 194 valence electrons. The number of nitrogens with zero attached hydrogens (tertiary/aromatic N) is 5. The van der Waals surface area contributed by atoms with Crippen LogP contribution in [0.25, 0.3) is 11.0 Å². The summed E-state index contributed by atoms with van der Waals surface area (Å²) >= 11 is 0. The van der Waals surface area contributed by atoms with Crippen LogP contribution in [-0.2, 0) is 11.3 Å². The van der Waals surface area contributed by atoms with Crippen LogP contribution in [0, 0.1) is 5.92 Å². The highest BCUT2D eigenvalue weighted by Crippen LogP contribution is 2.26. The number of aromatic nitrogens is 5. The lowest BCUT2D eigenvalue weighted by molar-refractivity contribution is 0.0590. The van der Waals surface area contributed by atoms with Crippen molar-refractivity contribution in [1.29, 1.82) is 0 Å². The van der Waals surface area contributed by atoms with Crippen molar-refractivity contribution in [3.63, 3.8) is 0 Å².